The number of sulfonamides is 1. The molecular weight excluding hydrogens is 390 g/mol. The predicted octanol–water partition coefficient (Wildman–Crippen LogP) is 1.90. The topological polar surface area (TPSA) is 70.2 Å². The summed E-state index contributed by atoms with van der Waals surface area (Å²) in [7, 11) is 1.45. The quantitative estimate of drug-likeness (QED) is 0.718. The zero-order chi connectivity index (χ0) is 21.0. The van der Waals surface area contributed by atoms with Crippen LogP contribution in [0.4, 0.5) is 0 Å². The van der Waals surface area contributed by atoms with Gasteiger partial charge in [0, 0.05) is 50.9 Å². The van der Waals surface area contributed by atoms with Crippen molar-refractivity contribution in [1.29, 1.82) is 0 Å². The van der Waals surface area contributed by atoms with Crippen molar-refractivity contribution in [3.63, 3.8) is 0 Å². The number of methoxy groups -OCH3 is 1. The molecule has 0 atom stereocenters. The molecule has 8 heteroatoms. The molecule has 156 valence electrons. The van der Waals surface area contributed by atoms with E-state index >= 15 is 0 Å². The van der Waals surface area contributed by atoms with Gasteiger partial charge < -0.3 is 14.5 Å². The number of ether oxygens (including phenoxy) is 1. The van der Waals surface area contributed by atoms with Crippen molar-refractivity contribution in [3.05, 3.63) is 59.7 Å². The number of hydrogen-bond acceptors (Lipinski definition) is 5. The van der Waals surface area contributed by atoms with Crippen LogP contribution in [0.25, 0.3) is 0 Å². The minimum Gasteiger partial charge on any atom is -0.496 e. The van der Waals surface area contributed by atoms with Crippen molar-refractivity contribution in [3.8, 4) is 5.75 Å². The standard InChI is InChI=1S/C21H27N3O4S/c1-22-11-13-24(14-12-22)21(25)17-9-10-20(28-3)18(15-17)16-23(2)29(26,27)19-7-5-4-6-8-19/h4-10,15H,11-14,16H2,1-3H3. The molecule has 1 fully saturated rings. The molecule has 0 unspecified atom stereocenters. The number of piperazine rings is 1. The van der Waals surface area contributed by atoms with Crippen LogP contribution in [-0.2, 0) is 16.6 Å². The highest BCUT2D eigenvalue weighted by Crippen LogP contribution is 2.25. The second-order valence-corrected chi connectivity index (χ2v) is 9.24. The molecule has 3 rings (SSSR count). The van der Waals surface area contributed by atoms with Gasteiger partial charge in [-0.15, -0.1) is 0 Å². The predicted molar refractivity (Wildman–Crippen MR) is 111 cm³/mol. The van der Waals surface area contributed by atoms with E-state index < -0.39 is 10.0 Å². The first-order valence-corrected chi connectivity index (χ1v) is 10.9. The summed E-state index contributed by atoms with van der Waals surface area (Å²) in [5, 5.41) is 0. The maximum absolute atomic E-state index is 12.9. The van der Waals surface area contributed by atoms with Gasteiger partial charge in [-0.05, 0) is 37.4 Å². The minimum absolute atomic E-state index is 0.0458. The fourth-order valence-electron chi connectivity index (χ4n) is 3.32. The van der Waals surface area contributed by atoms with Crippen LogP contribution in [0.5, 0.6) is 5.75 Å². The third kappa shape index (κ3) is 4.77. The van der Waals surface area contributed by atoms with Gasteiger partial charge in [-0.2, -0.15) is 4.31 Å². The average Bonchev–Trinajstić information content (AvgIpc) is 2.74. The largest absolute Gasteiger partial charge is 0.496 e. The SMILES string of the molecule is COc1ccc(C(=O)N2CCN(C)CC2)cc1CN(C)S(=O)(=O)c1ccccc1. The first kappa shape index (κ1) is 21.3. The van der Waals surface area contributed by atoms with Gasteiger partial charge in [0.1, 0.15) is 5.75 Å². The second kappa shape index (κ2) is 8.94. The third-order valence-electron chi connectivity index (χ3n) is 5.16. The number of carbonyl (C=O) groups is 1. The Morgan fingerprint density at radius 1 is 1.07 bits per heavy atom. The molecule has 0 aromatic heterocycles. The van der Waals surface area contributed by atoms with E-state index in [0.29, 0.717) is 30.0 Å². The van der Waals surface area contributed by atoms with E-state index in [2.05, 4.69) is 4.90 Å². The lowest BCUT2D eigenvalue weighted by Crippen LogP contribution is -2.47. The molecule has 7 nitrogen and oxygen atoms in total. The third-order valence-corrected chi connectivity index (χ3v) is 6.98. The molecule has 0 radical (unpaired) electrons. The molecule has 0 bridgehead atoms. The number of amides is 1. The van der Waals surface area contributed by atoms with E-state index in [4.69, 9.17) is 4.74 Å². The van der Waals surface area contributed by atoms with Crippen molar-refractivity contribution < 1.29 is 17.9 Å². The first-order valence-electron chi connectivity index (χ1n) is 9.49. The van der Waals surface area contributed by atoms with Gasteiger partial charge in [-0.3, -0.25) is 4.79 Å². The molecule has 0 N–H and O–H groups in total. The Morgan fingerprint density at radius 3 is 2.34 bits per heavy atom. The summed E-state index contributed by atoms with van der Waals surface area (Å²) in [5.41, 5.74) is 1.19. The Kier molecular flexibility index (Phi) is 6.56. The van der Waals surface area contributed by atoms with Crippen molar-refractivity contribution >= 4 is 15.9 Å². The summed E-state index contributed by atoms with van der Waals surface area (Å²) < 4.78 is 32.4. The van der Waals surface area contributed by atoms with E-state index in [1.54, 1.807) is 48.5 Å². The number of nitrogens with zero attached hydrogens (tertiary/aromatic N) is 3. The molecule has 1 heterocycles. The summed E-state index contributed by atoms with van der Waals surface area (Å²) in [6.07, 6.45) is 0. The maximum Gasteiger partial charge on any atom is 0.253 e. The lowest BCUT2D eigenvalue weighted by atomic mass is 10.1. The number of benzene rings is 2. The van der Waals surface area contributed by atoms with E-state index in [1.807, 2.05) is 11.9 Å². The maximum atomic E-state index is 12.9. The van der Waals surface area contributed by atoms with E-state index in [0.717, 1.165) is 13.1 Å². The zero-order valence-electron chi connectivity index (χ0n) is 17.0. The summed E-state index contributed by atoms with van der Waals surface area (Å²) >= 11 is 0. The lowest BCUT2D eigenvalue weighted by Gasteiger charge is -2.32. The minimum atomic E-state index is -3.64. The number of rotatable bonds is 6. The molecule has 0 spiro atoms. The molecule has 0 saturated carbocycles. The van der Waals surface area contributed by atoms with Crippen molar-refractivity contribution in [1.82, 2.24) is 14.1 Å². The van der Waals surface area contributed by atoms with Crippen molar-refractivity contribution in [2.75, 3.05) is 47.4 Å². The van der Waals surface area contributed by atoms with Crippen LogP contribution in [0, 0.1) is 0 Å². The van der Waals surface area contributed by atoms with Gasteiger partial charge in [0.2, 0.25) is 10.0 Å². The lowest BCUT2D eigenvalue weighted by molar-refractivity contribution is 0.0664. The van der Waals surface area contributed by atoms with Gasteiger partial charge in [0.25, 0.3) is 5.91 Å². The van der Waals surface area contributed by atoms with Crippen molar-refractivity contribution in [2.24, 2.45) is 0 Å². The highest BCUT2D eigenvalue weighted by Gasteiger charge is 2.24. The summed E-state index contributed by atoms with van der Waals surface area (Å²) in [5.74, 6) is 0.505. The van der Waals surface area contributed by atoms with E-state index in [1.165, 1.54) is 18.5 Å². The van der Waals surface area contributed by atoms with E-state index in [-0.39, 0.29) is 17.3 Å². The van der Waals surface area contributed by atoms with Gasteiger partial charge >= 0.3 is 0 Å². The Morgan fingerprint density at radius 2 is 1.72 bits per heavy atom. The highest BCUT2D eigenvalue weighted by atomic mass is 32.2. The fourth-order valence-corrected chi connectivity index (χ4v) is 4.49. The number of carbonyl (C=O) groups excluding carboxylic acids is 1. The Balaban J connectivity index is 1.83. The Bertz CT molecular complexity index is 955. The summed E-state index contributed by atoms with van der Waals surface area (Å²) in [4.78, 5) is 17.1. The smallest absolute Gasteiger partial charge is 0.253 e. The second-order valence-electron chi connectivity index (χ2n) is 7.20. The molecule has 1 saturated heterocycles. The van der Waals surface area contributed by atoms with Crippen LogP contribution < -0.4 is 4.74 Å². The van der Waals surface area contributed by atoms with Crippen molar-refractivity contribution in [2.45, 2.75) is 11.4 Å². The van der Waals surface area contributed by atoms with Crippen LogP contribution in [-0.4, -0.2) is 75.8 Å². The normalized spacial score (nSPS) is 15.5. The summed E-state index contributed by atoms with van der Waals surface area (Å²) in [6.45, 7) is 3.14. The Hall–Kier alpha value is -2.42. The fraction of sp³-hybridized carbons (Fsp3) is 0.381. The first-order chi connectivity index (χ1) is 13.8. The van der Waals surface area contributed by atoms with Crippen LogP contribution >= 0.6 is 0 Å². The van der Waals surface area contributed by atoms with Crippen LogP contribution in [0.1, 0.15) is 15.9 Å². The van der Waals surface area contributed by atoms with Crippen LogP contribution in [0.2, 0.25) is 0 Å². The molecule has 2 aromatic rings. The van der Waals surface area contributed by atoms with Gasteiger partial charge in [0.05, 0.1) is 12.0 Å². The molecule has 1 aliphatic rings. The average molecular weight is 418 g/mol. The van der Waals surface area contributed by atoms with E-state index in [9.17, 15) is 13.2 Å². The molecule has 29 heavy (non-hydrogen) atoms. The molecule has 0 aliphatic carbocycles. The molecule has 2 aromatic carbocycles. The van der Waals surface area contributed by atoms with Crippen LogP contribution in [0.3, 0.4) is 0 Å². The highest BCUT2D eigenvalue weighted by molar-refractivity contribution is 7.89. The van der Waals surface area contributed by atoms with Crippen LogP contribution in [0.15, 0.2) is 53.4 Å². The van der Waals surface area contributed by atoms with Gasteiger partial charge in [-0.1, -0.05) is 18.2 Å². The molecular formula is C21H27N3O4S. The number of likely N-dealkylation sites (N-methyl/N-ethyl adjacent to an activating group) is 1. The molecule has 1 amide bonds. The Labute approximate surface area is 172 Å². The van der Waals surface area contributed by atoms with Gasteiger partial charge in [-0.25, -0.2) is 8.42 Å². The monoisotopic (exact) mass is 417 g/mol. The van der Waals surface area contributed by atoms with Gasteiger partial charge in [0.15, 0.2) is 0 Å². The summed E-state index contributed by atoms with van der Waals surface area (Å²) in [6, 6.07) is 13.5. The zero-order valence-corrected chi connectivity index (χ0v) is 17.9. The molecule has 1 aliphatic heterocycles. The number of hydrogen-bond donors (Lipinski definition) is 0.